The number of carbonyl (C=O) groups is 1. The second kappa shape index (κ2) is 8.20. The number of hydrogen-bond donors (Lipinski definition) is 2. The Hall–Kier alpha value is -2.33. The highest BCUT2D eigenvalue weighted by molar-refractivity contribution is 5.79. The maximum absolute atomic E-state index is 12.3. The predicted octanol–water partition coefficient (Wildman–Crippen LogP) is 2.13. The van der Waals surface area contributed by atoms with Crippen LogP contribution in [0.2, 0.25) is 0 Å². The summed E-state index contributed by atoms with van der Waals surface area (Å²) in [6.07, 6.45) is 0.659. The summed E-state index contributed by atoms with van der Waals surface area (Å²) >= 11 is 0. The number of benzene rings is 2. The highest BCUT2D eigenvalue weighted by Gasteiger charge is 2.16. The molecule has 0 heterocycles. The van der Waals surface area contributed by atoms with Gasteiger partial charge in [-0.1, -0.05) is 42.5 Å². The molecule has 0 aliphatic heterocycles. The molecule has 3 N–H and O–H groups in total. The molecular weight excluding hydrogens is 276 g/mol. The number of nitrogens with one attached hydrogen (secondary N) is 1. The minimum absolute atomic E-state index is 0.0119. The summed E-state index contributed by atoms with van der Waals surface area (Å²) in [7, 11) is 1.63. The second-order valence-electron chi connectivity index (χ2n) is 5.19. The Morgan fingerprint density at radius 3 is 2.36 bits per heavy atom. The van der Waals surface area contributed by atoms with Gasteiger partial charge < -0.3 is 15.8 Å². The topological polar surface area (TPSA) is 64.3 Å². The Bertz CT molecular complexity index is 582. The molecule has 0 aliphatic rings. The molecule has 1 amide bonds. The number of rotatable bonds is 7. The SMILES string of the molecule is COc1ccc(CNC(=O)[C@H](CN)Cc2ccccc2)cc1. The Morgan fingerprint density at radius 1 is 1.09 bits per heavy atom. The van der Waals surface area contributed by atoms with Gasteiger partial charge in [-0.25, -0.2) is 0 Å². The molecular formula is C18H22N2O2. The third-order valence-corrected chi connectivity index (χ3v) is 3.61. The van der Waals surface area contributed by atoms with Gasteiger partial charge in [-0.05, 0) is 29.7 Å². The summed E-state index contributed by atoms with van der Waals surface area (Å²) in [6, 6.07) is 17.6. The minimum atomic E-state index is -0.208. The summed E-state index contributed by atoms with van der Waals surface area (Å²) in [5.74, 6) is 0.585. The van der Waals surface area contributed by atoms with Crippen LogP contribution in [0.15, 0.2) is 54.6 Å². The molecule has 0 bridgehead atoms. The van der Waals surface area contributed by atoms with E-state index in [0.717, 1.165) is 16.9 Å². The van der Waals surface area contributed by atoms with Crippen LogP contribution in [0.4, 0.5) is 0 Å². The molecule has 0 saturated carbocycles. The van der Waals surface area contributed by atoms with Crippen molar-refractivity contribution in [3.8, 4) is 5.75 Å². The van der Waals surface area contributed by atoms with Crippen LogP contribution in [0.5, 0.6) is 5.75 Å². The molecule has 2 rings (SSSR count). The lowest BCUT2D eigenvalue weighted by Gasteiger charge is -2.15. The van der Waals surface area contributed by atoms with Crippen LogP contribution in [-0.4, -0.2) is 19.6 Å². The maximum atomic E-state index is 12.3. The van der Waals surface area contributed by atoms with Crippen molar-refractivity contribution in [1.29, 1.82) is 0 Å². The number of ether oxygens (including phenoxy) is 1. The zero-order valence-corrected chi connectivity index (χ0v) is 12.8. The van der Waals surface area contributed by atoms with E-state index >= 15 is 0 Å². The fourth-order valence-electron chi connectivity index (χ4n) is 2.26. The van der Waals surface area contributed by atoms with Crippen LogP contribution in [0, 0.1) is 5.92 Å². The molecule has 0 aliphatic carbocycles. The molecule has 0 spiro atoms. The Labute approximate surface area is 131 Å². The molecule has 4 nitrogen and oxygen atoms in total. The Balaban J connectivity index is 1.88. The van der Waals surface area contributed by atoms with E-state index in [1.165, 1.54) is 0 Å². The van der Waals surface area contributed by atoms with E-state index in [-0.39, 0.29) is 11.8 Å². The molecule has 1 atom stereocenters. The quantitative estimate of drug-likeness (QED) is 0.823. The monoisotopic (exact) mass is 298 g/mol. The van der Waals surface area contributed by atoms with E-state index in [1.807, 2.05) is 54.6 Å². The second-order valence-corrected chi connectivity index (χ2v) is 5.19. The van der Waals surface area contributed by atoms with Crippen LogP contribution in [0.1, 0.15) is 11.1 Å². The fraction of sp³-hybridized carbons (Fsp3) is 0.278. The largest absolute Gasteiger partial charge is 0.497 e. The first-order chi connectivity index (χ1) is 10.7. The summed E-state index contributed by atoms with van der Waals surface area (Å²) in [5, 5.41) is 2.95. The molecule has 0 aromatic heterocycles. The van der Waals surface area contributed by atoms with Gasteiger partial charge in [0.1, 0.15) is 5.75 Å². The molecule has 0 saturated heterocycles. The standard InChI is InChI=1S/C18H22N2O2/c1-22-17-9-7-15(8-10-17)13-20-18(21)16(12-19)11-14-5-3-2-4-6-14/h2-10,16H,11-13,19H2,1H3,(H,20,21)/t16-/m0/s1. The zero-order valence-electron chi connectivity index (χ0n) is 12.8. The van der Waals surface area contributed by atoms with Crippen LogP contribution in [0.3, 0.4) is 0 Å². The average Bonchev–Trinajstić information content (AvgIpc) is 2.59. The van der Waals surface area contributed by atoms with Gasteiger partial charge in [0.25, 0.3) is 0 Å². The molecule has 22 heavy (non-hydrogen) atoms. The molecule has 116 valence electrons. The van der Waals surface area contributed by atoms with E-state index in [4.69, 9.17) is 10.5 Å². The van der Waals surface area contributed by atoms with Crippen molar-refractivity contribution in [2.24, 2.45) is 11.7 Å². The van der Waals surface area contributed by atoms with Crippen LogP contribution in [0.25, 0.3) is 0 Å². The highest BCUT2D eigenvalue weighted by atomic mass is 16.5. The van der Waals surface area contributed by atoms with Crippen molar-refractivity contribution in [2.45, 2.75) is 13.0 Å². The Kier molecular flexibility index (Phi) is 5.98. The predicted molar refractivity (Wildman–Crippen MR) is 87.5 cm³/mol. The van der Waals surface area contributed by atoms with Crippen LogP contribution >= 0.6 is 0 Å². The van der Waals surface area contributed by atoms with E-state index in [2.05, 4.69) is 5.32 Å². The van der Waals surface area contributed by atoms with E-state index in [0.29, 0.717) is 19.5 Å². The van der Waals surface area contributed by atoms with Crippen molar-refractivity contribution in [1.82, 2.24) is 5.32 Å². The first-order valence-corrected chi connectivity index (χ1v) is 7.37. The van der Waals surface area contributed by atoms with Crippen molar-refractivity contribution < 1.29 is 9.53 Å². The Morgan fingerprint density at radius 2 is 1.77 bits per heavy atom. The molecule has 0 unspecified atom stereocenters. The van der Waals surface area contributed by atoms with Gasteiger partial charge in [0.2, 0.25) is 5.91 Å². The first kappa shape index (κ1) is 16.0. The van der Waals surface area contributed by atoms with Gasteiger partial charge in [-0.3, -0.25) is 4.79 Å². The number of nitrogens with two attached hydrogens (primary N) is 1. The summed E-state index contributed by atoms with van der Waals surface area (Å²) < 4.78 is 5.11. The highest BCUT2D eigenvalue weighted by Crippen LogP contribution is 2.12. The van der Waals surface area contributed by atoms with Crippen LogP contribution < -0.4 is 15.8 Å². The first-order valence-electron chi connectivity index (χ1n) is 7.37. The van der Waals surface area contributed by atoms with E-state index < -0.39 is 0 Å². The van der Waals surface area contributed by atoms with Crippen molar-refractivity contribution in [3.05, 3.63) is 65.7 Å². The lowest BCUT2D eigenvalue weighted by molar-refractivity contribution is -0.124. The van der Waals surface area contributed by atoms with Crippen molar-refractivity contribution >= 4 is 5.91 Å². The summed E-state index contributed by atoms with van der Waals surface area (Å²) in [4.78, 5) is 12.3. The van der Waals surface area contributed by atoms with Crippen LogP contribution in [-0.2, 0) is 17.8 Å². The lowest BCUT2D eigenvalue weighted by atomic mass is 9.98. The molecule has 2 aromatic carbocycles. The third-order valence-electron chi connectivity index (χ3n) is 3.61. The molecule has 0 radical (unpaired) electrons. The lowest BCUT2D eigenvalue weighted by Crippen LogP contribution is -2.35. The fourth-order valence-corrected chi connectivity index (χ4v) is 2.26. The number of hydrogen-bond acceptors (Lipinski definition) is 3. The molecule has 0 fully saturated rings. The number of methoxy groups -OCH3 is 1. The van der Waals surface area contributed by atoms with Crippen molar-refractivity contribution in [3.63, 3.8) is 0 Å². The average molecular weight is 298 g/mol. The summed E-state index contributed by atoms with van der Waals surface area (Å²) in [6.45, 7) is 0.831. The molecule has 2 aromatic rings. The van der Waals surface area contributed by atoms with Gasteiger partial charge >= 0.3 is 0 Å². The van der Waals surface area contributed by atoms with Gasteiger partial charge in [0, 0.05) is 13.1 Å². The number of amides is 1. The number of carbonyl (C=O) groups excluding carboxylic acids is 1. The smallest absolute Gasteiger partial charge is 0.224 e. The molecule has 4 heteroatoms. The third kappa shape index (κ3) is 4.60. The zero-order chi connectivity index (χ0) is 15.8. The summed E-state index contributed by atoms with van der Waals surface area (Å²) in [5.41, 5.74) is 7.91. The maximum Gasteiger partial charge on any atom is 0.224 e. The normalized spacial score (nSPS) is 11.7. The van der Waals surface area contributed by atoms with Gasteiger partial charge in [0.15, 0.2) is 0 Å². The minimum Gasteiger partial charge on any atom is -0.497 e. The van der Waals surface area contributed by atoms with E-state index in [1.54, 1.807) is 7.11 Å². The van der Waals surface area contributed by atoms with Crippen molar-refractivity contribution in [2.75, 3.05) is 13.7 Å². The van der Waals surface area contributed by atoms with E-state index in [9.17, 15) is 4.79 Å². The van der Waals surface area contributed by atoms with Gasteiger partial charge in [-0.2, -0.15) is 0 Å². The van der Waals surface area contributed by atoms with Gasteiger partial charge in [0.05, 0.1) is 13.0 Å². The van der Waals surface area contributed by atoms with Gasteiger partial charge in [-0.15, -0.1) is 0 Å².